The highest BCUT2D eigenvalue weighted by molar-refractivity contribution is 6.33. The Balaban J connectivity index is 2.08. The van der Waals surface area contributed by atoms with Crippen LogP contribution in [0.2, 0.25) is 5.02 Å². The van der Waals surface area contributed by atoms with E-state index >= 15 is 0 Å². The molecule has 0 aromatic heterocycles. The highest BCUT2D eigenvalue weighted by atomic mass is 35.5. The van der Waals surface area contributed by atoms with E-state index in [1.807, 2.05) is 0 Å². The van der Waals surface area contributed by atoms with Crippen LogP contribution in [0.25, 0.3) is 0 Å². The Bertz CT molecular complexity index is 617. The first-order valence-electron chi connectivity index (χ1n) is 5.47. The predicted molar refractivity (Wildman–Crippen MR) is 76.6 cm³/mol. The lowest BCUT2D eigenvalue weighted by Crippen LogP contribution is -2.20. The van der Waals surface area contributed by atoms with Crippen LogP contribution >= 0.6 is 11.6 Å². The SMILES string of the molecule is Nc1cc(O)ccc1NC(=O)Nc1ccccc1Cl. The summed E-state index contributed by atoms with van der Waals surface area (Å²) in [6, 6.07) is 10.7. The van der Waals surface area contributed by atoms with Crippen molar-refractivity contribution >= 4 is 34.7 Å². The molecule has 6 heteroatoms. The summed E-state index contributed by atoms with van der Waals surface area (Å²) in [6.07, 6.45) is 0. The second-order valence-electron chi connectivity index (χ2n) is 3.83. The topological polar surface area (TPSA) is 87.4 Å². The summed E-state index contributed by atoms with van der Waals surface area (Å²) >= 11 is 5.92. The standard InChI is InChI=1S/C13H12ClN3O2/c14-9-3-1-2-4-11(9)16-13(19)17-12-6-5-8(18)7-10(12)15/h1-7,18H,15H2,(H2,16,17,19). The number of rotatable bonds is 2. The molecular weight excluding hydrogens is 266 g/mol. The van der Waals surface area contributed by atoms with Gasteiger partial charge in [-0.2, -0.15) is 0 Å². The highest BCUT2D eigenvalue weighted by Crippen LogP contribution is 2.24. The van der Waals surface area contributed by atoms with Crippen molar-refractivity contribution in [2.75, 3.05) is 16.4 Å². The fourth-order valence-corrected chi connectivity index (χ4v) is 1.69. The summed E-state index contributed by atoms with van der Waals surface area (Å²) < 4.78 is 0. The largest absolute Gasteiger partial charge is 0.508 e. The van der Waals surface area contributed by atoms with Gasteiger partial charge in [0.05, 0.1) is 22.1 Å². The third kappa shape index (κ3) is 3.29. The molecule has 0 unspecified atom stereocenters. The number of nitrogens with two attached hydrogens (primary N) is 1. The number of carbonyl (C=O) groups is 1. The lowest BCUT2D eigenvalue weighted by Gasteiger charge is -2.10. The Kier molecular flexibility index (Phi) is 3.77. The van der Waals surface area contributed by atoms with Crippen LogP contribution in [0.15, 0.2) is 42.5 Å². The summed E-state index contributed by atoms with van der Waals surface area (Å²) in [5.41, 5.74) is 6.84. The molecule has 5 nitrogen and oxygen atoms in total. The number of benzene rings is 2. The van der Waals surface area contributed by atoms with Crippen molar-refractivity contribution in [3.05, 3.63) is 47.5 Å². The summed E-state index contributed by atoms with van der Waals surface area (Å²) in [5.74, 6) is 0.0366. The van der Waals surface area contributed by atoms with E-state index in [-0.39, 0.29) is 11.4 Å². The van der Waals surface area contributed by atoms with Gasteiger partial charge >= 0.3 is 6.03 Å². The molecule has 0 heterocycles. The van der Waals surface area contributed by atoms with E-state index in [0.29, 0.717) is 16.4 Å². The number of phenolic OH excluding ortho intramolecular Hbond substituents is 1. The molecule has 0 aliphatic rings. The molecule has 0 fully saturated rings. The Morgan fingerprint density at radius 2 is 1.79 bits per heavy atom. The molecule has 0 saturated heterocycles. The van der Waals surface area contributed by atoms with E-state index in [1.54, 1.807) is 24.3 Å². The van der Waals surface area contributed by atoms with Crippen molar-refractivity contribution in [1.29, 1.82) is 0 Å². The van der Waals surface area contributed by atoms with Crippen molar-refractivity contribution < 1.29 is 9.90 Å². The quantitative estimate of drug-likeness (QED) is 0.502. The molecule has 2 aromatic rings. The van der Waals surface area contributed by atoms with Gasteiger partial charge in [-0.15, -0.1) is 0 Å². The second-order valence-corrected chi connectivity index (χ2v) is 4.24. The van der Waals surface area contributed by atoms with Crippen molar-refractivity contribution in [1.82, 2.24) is 0 Å². The number of urea groups is 1. The number of amides is 2. The lowest BCUT2D eigenvalue weighted by atomic mass is 10.2. The normalized spacial score (nSPS) is 9.95. The first-order chi connectivity index (χ1) is 9.06. The minimum absolute atomic E-state index is 0.0366. The van der Waals surface area contributed by atoms with Crippen LogP contribution in [-0.2, 0) is 0 Å². The number of aromatic hydroxyl groups is 1. The molecule has 0 atom stereocenters. The molecule has 19 heavy (non-hydrogen) atoms. The summed E-state index contributed by atoms with van der Waals surface area (Å²) in [4.78, 5) is 11.8. The molecule has 5 N–H and O–H groups in total. The van der Waals surface area contributed by atoms with Crippen LogP contribution in [-0.4, -0.2) is 11.1 Å². The molecule has 98 valence electrons. The van der Waals surface area contributed by atoms with Crippen LogP contribution in [0.1, 0.15) is 0 Å². The van der Waals surface area contributed by atoms with E-state index in [4.69, 9.17) is 17.3 Å². The van der Waals surface area contributed by atoms with E-state index < -0.39 is 6.03 Å². The van der Waals surface area contributed by atoms with Gasteiger partial charge < -0.3 is 21.5 Å². The molecule has 0 aliphatic carbocycles. The Morgan fingerprint density at radius 1 is 1.11 bits per heavy atom. The Hall–Kier alpha value is -2.40. The average molecular weight is 278 g/mol. The number of nitrogen functional groups attached to an aromatic ring is 1. The van der Waals surface area contributed by atoms with E-state index in [1.165, 1.54) is 18.2 Å². The molecule has 2 aromatic carbocycles. The first-order valence-corrected chi connectivity index (χ1v) is 5.85. The lowest BCUT2D eigenvalue weighted by molar-refractivity contribution is 0.262. The maximum absolute atomic E-state index is 11.8. The van der Waals surface area contributed by atoms with Crippen LogP contribution in [0, 0.1) is 0 Å². The molecule has 0 bridgehead atoms. The van der Waals surface area contributed by atoms with E-state index in [0.717, 1.165) is 0 Å². The number of nitrogens with one attached hydrogen (secondary N) is 2. The second kappa shape index (κ2) is 5.49. The predicted octanol–water partition coefficient (Wildman–Crippen LogP) is 3.27. The molecule has 2 rings (SSSR count). The monoisotopic (exact) mass is 277 g/mol. The number of hydrogen-bond acceptors (Lipinski definition) is 3. The van der Waals surface area contributed by atoms with Gasteiger partial charge in [0.25, 0.3) is 0 Å². The molecule has 0 aliphatic heterocycles. The number of carbonyl (C=O) groups excluding carboxylic acids is 1. The van der Waals surface area contributed by atoms with Gasteiger partial charge in [0.15, 0.2) is 0 Å². The number of hydrogen-bond donors (Lipinski definition) is 4. The van der Waals surface area contributed by atoms with Gasteiger partial charge in [0.1, 0.15) is 5.75 Å². The summed E-state index contributed by atoms with van der Waals surface area (Å²) in [7, 11) is 0. The van der Waals surface area contributed by atoms with Crippen molar-refractivity contribution in [2.45, 2.75) is 0 Å². The minimum Gasteiger partial charge on any atom is -0.508 e. The third-order valence-electron chi connectivity index (χ3n) is 2.41. The molecule has 0 radical (unpaired) electrons. The van der Waals surface area contributed by atoms with Crippen LogP contribution in [0.3, 0.4) is 0 Å². The zero-order valence-corrected chi connectivity index (χ0v) is 10.6. The molecule has 0 saturated carbocycles. The molecule has 2 amide bonds. The number of para-hydroxylation sites is 1. The molecule has 0 spiro atoms. The van der Waals surface area contributed by atoms with Gasteiger partial charge in [-0.05, 0) is 24.3 Å². The zero-order chi connectivity index (χ0) is 13.8. The highest BCUT2D eigenvalue weighted by Gasteiger charge is 2.07. The van der Waals surface area contributed by atoms with E-state index in [2.05, 4.69) is 10.6 Å². The Morgan fingerprint density at radius 3 is 2.47 bits per heavy atom. The van der Waals surface area contributed by atoms with Crippen LogP contribution in [0.4, 0.5) is 21.9 Å². The van der Waals surface area contributed by atoms with Gasteiger partial charge in [-0.1, -0.05) is 23.7 Å². The third-order valence-corrected chi connectivity index (χ3v) is 2.73. The number of phenols is 1. The van der Waals surface area contributed by atoms with Crippen LogP contribution < -0.4 is 16.4 Å². The van der Waals surface area contributed by atoms with Crippen molar-refractivity contribution in [3.63, 3.8) is 0 Å². The Labute approximate surface area is 115 Å². The maximum atomic E-state index is 11.8. The van der Waals surface area contributed by atoms with Gasteiger partial charge in [-0.3, -0.25) is 0 Å². The smallest absolute Gasteiger partial charge is 0.323 e. The zero-order valence-electron chi connectivity index (χ0n) is 9.85. The minimum atomic E-state index is -0.467. The fourth-order valence-electron chi connectivity index (χ4n) is 1.50. The fraction of sp³-hybridized carbons (Fsp3) is 0. The van der Waals surface area contributed by atoms with E-state index in [9.17, 15) is 9.90 Å². The van der Waals surface area contributed by atoms with Gasteiger partial charge in [0.2, 0.25) is 0 Å². The van der Waals surface area contributed by atoms with Gasteiger partial charge in [-0.25, -0.2) is 4.79 Å². The summed E-state index contributed by atoms with van der Waals surface area (Å²) in [6.45, 7) is 0. The molecular formula is C13H12ClN3O2. The number of halogens is 1. The van der Waals surface area contributed by atoms with Gasteiger partial charge in [0, 0.05) is 6.07 Å². The van der Waals surface area contributed by atoms with Crippen molar-refractivity contribution in [2.24, 2.45) is 0 Å². The van der Waals surface area contributed by atoms with Crippen molar-refractivity contribution in [3.8, 4) is 5.75 Å². The number of anilines is 3. The first kappa shape index (κ1) is 13.0. The maximum Gasteiger partial charge on any atom is 0.323 e. The summed E-state index contributed by atoms with van der Waals surface area (Å²) in [5, 5.41) is 14.8. The van der Waals surface area contributed by atoms with Crippen LogP contribution in [0.5, 0.6) is 5.75 Å². The average Bonchev–Trinajstić information content (AvgIpc) is 2.36.